The van der Waals surface area contributed by atoms with Crippen molar-refractivity contribution in [2.75, 3.05) is 12.3 Å². The van der Waals surface area contributed by atoms with Crippen molar-refractivity contribution in [3.63, 3.8) is 0 Å². The van der Waals surface area contributed by atoms with E-state index in [9.17, 15) is 23.1 Å². The molecule has 2 atom stereocenters. The normalized spacial score (nSPS) is 15.7. The average molecular weight is 669 g/mol. The molecule has 0 fully saturated rings. The van der Waals surface area contributed by atoms with Crippen LogP contribution < -0.4 is 10.1 Å². The Labute approximate surface area is 283 Å². The van der Waals surface area contributed by atoms with Gasteiger partial charge >= 0.3 is 5.97 Å². The van der Waals surface area contributed by atoms with Crippen molar-refractivity contribution >= 4 is 21.9 Å². The zero-order valence-electron chi connectivity index (χ0n) is 28.0. The number of carbonyl (C=O) groups is 2. The van der Waals surface area contributed by atoms with E-state index in [1.54, 1.807) is 18.2 Å². The number of fused-ring (bicyclic) bond motifs is 1. The number of amides is 1. The second-order valence-electron chi connectivity index (χ2n) is 13.3. The minimum Gasteiger partial charge on any atom is -0.481 e. The quantitative estimate of drug-likeness (QED) is 0.159. The molecule has 4 aromatic rings. The first-order chi connectivity index (χ1) is 22.9. The smallest absolute Gasteiger partial charge is 0.305 e. The van der Waals surface area contributed by atoms with Gasteiger partial charge in [0.15, 0.2) is 0 Å². The zero-order chi connectivity index (χ0) is 34.5. The molecule has 4 aromatic carbocycles. The van der Waals surface area contributed by atoms with Gasteiger partial charge in [-0.3, -0.25) is 9.59 Å². The van der Waals surface area contributed by atoms with Crippen LogP contribution in [0.5, 0.6) is 11.5 Å². The van der Waals surface area contributed by atoms with Crippen molar-refractivity contribution in [3.05, 3.63) is 119 Å². The molecule has 0 saturated carbocycles. The Morgan fingerprint density at radius 1 is 0.917 bits per heavy atom. The summed E-state index contributed by atoms with van der Waals surface area (Å²) in [5.74, 6) is -0.661. The predicted molar refractivity (Wildman–Crippen MR) is 189 cm³/mol. The van der Waals surface area contributed by atoms with Crippen molar-refractivity contribution < 1.29 is 27.9 Å². The fraction of sp³-hybridized carbons (Fsp3) is 0.333. The van der Waals surface area contributed by atoms with E-state index in [1.807, 2.05) is 85.8 Å². The molecule has 5 rings (SSSR count). The monoisotopic (exact) mass is 668 g/mol. The number of carboxylic acids is 1. The molecular weight excluding hydrogens is 625 g/mol. The summed E-state index contributed by atoms with van der Waals surface area (Å²) >= 11 is 0. The second-order valence-corrected chi connectivity index (χ2v) is 15.4. The highest BCUT2D eigenvalue weighted by Crippen LogP contribution is 2.37. The molecule has 0 spiro atoms. The lowest BCUT2D eigenvalue weighted by Crippen LogP contribution is -2.48. The van der Waals surface area contributed by atoms with Crippen LogP contribution in [0.1, 0.15) is 81.3 Å². The van der Waals surface area contributed by atoms with E-state index in [1.165, 1.54) is 4.31 Å². The highest BCUT2D eigenvalue weighted by Gasteiger charge is 2.40. The maximum atomic E-state index is 14.3. The summed E-state index contributed by atoms with van der Waals surface area (Å²) in [5.41, 5.74) is 5.09. The Balaban J connectivity index is 1.48. The summed E-state index contributed by atoms with van der Waals surface area (Å²) in [7, 11) is -3.82. The third kappa shape index (κ3) is 8.32. The van der Waals surface area contributed by atoms with E-state index in [4.69, 9.17) is 4.74 Å². The van der Waals surface area contributed by atoms with Gasteiger partial charge in [0.2, 0.25) is 15.9 Å². The lowest BCUT2D eigenvalue weighted by atomic mass is 9.87. The average Bonchev–Trinajstić information content (AvgIpc) is 3.06. The van der Waals surface area contributed by atoms with Gasteiger partial charge in [-0.25, -0.2) is 8.42 Å². The summed E-state index contributed by atoms with van der Waals surface area (Å²) in [6.07, 6.45) is 1.21. The Bertz CT molecular complexity index is 1830. The van der Waals surface area contributed by atoms with Crippen molar-refractivity contribution in [3.8, 4) is 22.6 Å². The highest BCUT2D eigenvalue weighted by atomic mass is 32.2. The highest BCUT2D eigenvalue weighted by molar-refractivity contribution is 7.89. The molecule has 1 heterocycles. The molecule has 2 N–H and O–H groups in total. The van der Waals surface area contributed by atoms with Crippen LogP contribution in [0, 0.1) is 0 Å². The number of carbonyl (C=O) groups excluding carboxylic acids is 1. The maximum Gasteiger partial charge on any atom is 0.305 e. The van der Waals surface area contributed by atoms with Crippen LogP contribution in [0.3, 0.4) is 0 Å². The van der Waals surface area contributed by atoms with Gasteiger partial charge in [0.1, 0.15) is 17.5 Å². The van der Waals surface area contributed by atoms with E-state index in [0.29, 0.717) is 41.9 Å². The molecule has 0 aromatic heterocycles. The Hall–Kier alpha value is -4.47. The van der Waals surface area contributed by atoms with Crippen LogP contribution >= 0.6 is 0 Å². The predicted octanol–water partition coefficient (Wildman–Crippen LogP) is 7.80. The van der Waals surface area contributed by atoms with E-state index in [-0.39, 0.29) is 24.1 Å². The van der Waals surface area contributed by atoms with Crippen LogP contribution in [0.4, 0.5) is 0 Å². The summed E-state index contributed by atoms with van der Waals surface area (Å²) in [4.78, 5) is 26.3. The van der Waals surface area contributed by atoms with Gasteiger partial charge in [0.05, 0.1) is 18.2 Å². The van der Waals surface area contributed by atoms with Crippen LogP contribution in [-0.4, -0.2) is 42.0 Å². The summed E-state index contributed by atoms with van der Waals surface area (Å²) < 4.78 is 34.8. The van der Waals surface area contributed by atoms with Crippen LogP contribution in [0.25, 0.3) is 11.1 Å². The number of sulfonamides is 1. The number of benzene rings is 4. The van der Waals surface area contributed by atoms with Crippen LogP contribution in [0.15, 0.2) is 97.1 Å². The molecule has 0 bridgehead atoms. The molecule has 0 saturated heterocycles. The summed E-state index contributed by atoms with van der Waals surface area (Å²) in [6, 6.07) is 28.4. The SMILES string of the molecule is CCCCS(=O)(=O)N1CCc2ccc(Oc3ccc(C(C)(C)C)cc3)cc2C1C(=O)NC(CC(=O)O)c1ccc(-c2ccccc2)cc1. The Kier molecular flexibility index (Phi) is 10.7. The number of nitrogens with one attached hydrogen (secondary N) is 1. The molecule has 0 radical (unpaired) electrons. The number of hydrogen-bond acceptors (Lipinski definition) is 5. The molecule has 252 valence electrons. The number of nitrogens with zero attached hydrogens (tertiary/aromatic N) is 1. The Morgan fingerprint density at radius 3 is 2.19 bits per heavy atom. The Morgan fingerprint density at radius 2 is 1.56 bits per heavy atom. The van der Waals surface area contributed by atoms with Gasteiger partial charge in [-0.2, -0.15) is 4.31 Å². The molecule has 48 heavy (non-hydrogen) atoms. The number of aliphatic carboxylic acids is 1. The van der Waals surface area contributed by atoms with Gasteiger partial charge < -0.3 is 15.2 Å². The van der Waals surface area contributed by atoms with Gasteiger partial charge in [0.25, 0.3) is 0 Å². The number of ether oxygens (including phenoxy) is 1. The van der Waals surface area contributed by atoms with E-state index in [0.717, 1.165) is 22.3 Å². The lowest BCUT2D eigenvalue weighted by molar-refractivity contribution is -0.138. The molecule has 1 aliphatic rings. The van der Waals surface area contributed by atoms with Crippen molar-refractivity contribution in [1.82, 2.24) is 9.62 Å². The van der Waals surface area contributed by atoms with Gasteiger partial charge in [-0.05, 0) is 75.9 Å². The molecule has 9 heteroatoms. The first kappa shape index (κ1) is 34.9. The zero-order valence-corrected chi connectivity index (χ0v) is 28.8. The molecule has 1 aliphatic heterocycles. The third-order valence-electron chi connectivity index (χ3n) is 8.73. The van der Waals surface area contributed by atoms with Crippen molar-refractivity contribution in [2.24, 2.45) is 0 Å². The second kappa shape index (κ2) is 14.7. The van der Waals surface area contributed by atoms with Gasteiger partial charge in [-0.1, -0.05) is 107 Å². The fourth-order valence-electron chi connectivity index (χ4n) is 6.02. The van der Waals surface area contributed by atoms with Gasteiger partial charge in [0, 0.05) is 6.54 Å². The number of rotatable bonds is 12. The number of hydrogen-bond donors (Lipinski definition) is 2. The fourth-order valence-corrected chi connectivity index (χ4v) is 7.81. The molecule has 1 amide bonds. The van der Waals surface area contributed by atoms with Crippen molar-refractivity contribution in [1.29, 1.82) is 0 Å². The molecule has 0 aliphatic carbocycles. The minimum absolute atomic E-state index is 0.0138. The van der Waals surface area contributed by atoms with E-state index < -0.39 is 34.0 Å². The lowest BCUT2D eigenvalue weighted by Gasteiger charge is -2.36. The molecule has 2 unspecified atom stereocenters. The van der Waals surface area contributed by atoms with Gasteiger partial charge in [-0.15, -0.1) is 0 Å². The molecule has 8 nitrogen and oxygen atoms in total. The molecular formula is C39H44N2O6S. The minimum atomic E-state index is -3.82. The van der Waals surface area contributed by atoms with Crippen molar-refractivity contribution in [2.45, 2.75) is 70.9 Å². The standard InChI is InChI=1S/C39H44N2O6S/c1-5-6-24-48(45,46)41-23-22-29-16-19-33(47-32-20-17-31(18-21-32)39(2,3)4)25-34(29)37(41)38(44)40-35(26-36(42)43)30-14-12-28(13-15-30)27-10-8-7-9-11-27/h7-21,25,35,37H,5-6,22-24,26H2,1-4H3,(H,40,44)(H,42,43). The summed E-state index contributed by atoms with van der Waals surface area (Å²) in [5, 5.41) is 12.7. The topological polar surface area (TPSA) is 113 Å². The van der Waals surface area contributed by atoms with E-state index >= 15 is 0 Å². The van der Waals surface area contributed by atoms with Crippen LogP contribution in [-0.2, 0) is 31.4 Å². The number of unbranched alkanes of at least 4 members (excludes halogenated alkanes) is 1. The number of carboxylic acid groups (broad SMARTS) is 1. The summed E-state index contributed by atoms with van der Waals surface area (Å²) in [6.45, 7) is 8.47. The largest absolute Gasteiger partial charge is 0.481 e. The third-order valence-corrected chi connectivity index (χ3v) is 10.6. The first-order valence-electron chi connectivity index (χ1n) is 16.4. The first-order valence-corrected chi connectivity index (χ1v) is 18.0. The van der Waals surface area contributed by atoms with E-state index in [2.05, 4.69) is 26.1 Å². The maximum absolute atomic E-state index is 14.3. The van der Waals surface area contributed by atoms with Crippen LogP contribution in [0.2, 0.25) is 0 Å².